The SMILES string of the molecule is [CH2-]CC.[CH2-]CNC1CCCC1.[CH2-]c1cc(Cl)c(O[C@H]2CCc3c(-c4cccc(OCCCN5CCC5(C)C)c4C)cccc32)cc1OCC.[K+]. The second kappa shape index (κ2) is 21.5. The van der Waals surface area contributed by atoms with Crippen LogP contribution in [-0.4, -0.2) is 49.3 Å². The third-order valence-electron chi connectivity index (χ3n) is 9.94. The van der Waals surface area contributed by atoms with Crippen molar-refractivity contribution >= 4 is 11.6 Å². The molecule has 50 heavy (non-hydrogen) atoms. The molecule has 0 unspecified atom stereocenters. The van der Waals surface area contributed by atoms with Gasteiger partial charge in [0.1, 0.15) is 17.6 Å². The van der Waals surface area contributed by atoms with Gasteiger partial charge in [0, 0.05) is 35.4 Å². The fourth-order valence-corrected chi connectivity index (χ4v) is 7.30. The molecule has 3 aromatic carbocycles. The number of benzene rings is 3. The van der Waals surface area contributed by atoms with E-state index in [1.54, 1.807) is 0 Å². The molecule has 0 bridgehead atoms. The van der Waals surface area contributed by atoms with Crippen molar-refractivity contribution in [3.05, 3.63) is 96.6 Å². The summed E-state index contributed by atoms with van der Waals surface area (Å²) in [6.07, 6.45) is 10.7. The number of rotatable bonds is 12. The molecular weight excluding hydrogens is 667 g/mol. The molecule has 0 amide bonds. The minimum atomic E-state index is -0.0573. The molecular formula is C43H60ClKN2O3-2. The van der Waals surface area contributed by atoms with Crippen molar-refractivity contribution in [1.82, 2.24) is 10.2 Å². The number of ether oxygens (including phenoxy) is 3. The Morgan fingerprint density at radius 2 is 1.64 bits per heavy atom. The third-order valence-corrected chi connectivity index (χ3v) is 10.2. The largest absolute Gasteiger partial charge is 1.00 e. The van der Waals surface area contributed by atoms with E-state index in [0.29, 0.717) is 28.7 Å². The molecule has 1 heterocycles. The van der Waals surface area contributed by atoms with Gasteiger partial charge in [0.25, 0.3) is 0 Å². The van der Waals surface area contributed by atoms with Crippen LogP contribution in [0.4, 0.5) is 0 Å². The molecule has 3 aliphatic rings. The molecule has 7 heteroatoms. The second-order valence-corrected chi connectivity index (χ2v) is 14.4. The Labute approximate surface area is 352 Å². The maximum atomic E-state index is 6.53. The van der Waals surface area contributed by atoms with Gasteiger partial charge in [-0.1, -0.05) is 61.7 Å². The van der Waals surface area contributed by atoms with Crippen molar-refractivity contribution in [3.63, 3.8) is 0 Å². The van der Waals surface area contributed by atoms with E-state index in [4.69, 9.17) is 25.8 Å². The number of nitrogens with zero attached hydrogens (tertiary/aromatic N) is 1. The van der Waals surface area contributed by atoms with Crippen LogP contribution in [0.2, 0.25) is 5.02 Å². The van der Waals surface area contributed by atoms with E-state index in [0.717, 1.165) is 62.7 Å². The van der Waals surface area contributed by atoms with Crippen LogP contribution in [0.25, 0.3) is 11.1 Å². The van der Waals surface area contributed by atoms with Gasteiger partial charge in [0.05, 0.1) is 13.2 Å². The number of hydrogen-bond acceptors (Lipinski definition) is 5. The number of halogens is 1. The minimum absolute atomic E-state index is 0. The average Bonchev–Trinajstić information content (AvgIpc) is 3.75. The Hall–Kier alpha value is -1.22. The smallest absolute Gasteiger partial charge is 0.551 e. The van der Waals surface area contributed by atoms with Gasteiger partial charge in [-0.15, -0.1) is 12.6 Å². The summed E-state index contributed by atoms with van der Waals surface area (Å²) >= 11 is 6.53. The van der Waals surface area contributed by atoms with Crippen LogP contribution >= 0.6 is 11.6 Å². The topological polar surface area (TPSA) is 43.0 Å². The molecule has 6 rings (SSSR count). The normalized spacial score (nSPS) is 17.6. The van der Waals surface area contributed by atoms with E-state index in [-0.39, 0.29) is 57.5 Å². The molecule has 2 aliphatic carbocycles. The van der Waals surface area contributed by atoms with E-state index < -0.39 is 0 Å². The molecule has 0 aromatic heterocycles. The summed E-state index contributed by atoms with van der Waals surface area (Å²) < 4.78 is 18.5. The summed E-state index contributed by atoms with van der Waals surface area (Å²) in [4.78, 5) is 2.55. The van der Waals surface area contributed by atoms with Crippen molar-refractivity contribution < 1.29 is 65.6 Å². The third kappa shape index (κ3) is 11.6. The summed E-state index contributed by atoms with van der Waals surface area (Å²) in [6, 6.07) is 17.4. The molecule has 2 fully saturated rings. The van der Waals surface area contributed by atoms with Crippen molar-refractivity contribution in [3.8, 4) is 28.4 Å². The maximum absolute atomic E-state index is 6.53. The Morgan fingerprint density at radius 1 is 0.940 bits per heavy atom. The Bertz CT molecular complexity index is 1470. The molecule has 1 aliphatic heterocycles. The van der Waals surface area contributed by atoms with E-state index in [1.807, 2.05) is 26.0 Å². The van der Waals surface area contributed by atoms with Gasteiger partial charge < -0.3 is 33.4 Å². The predicted molar refractivity (Wildman–Crippen MR) is 207 cm³/mol. The van der Waals surface area contributed by atoms with Crippen LogP contribution in [0, 0.1) is 27.7 Å². The minimum Gasteiger partial charge on any atom is -0.551 e. The van der Waals surface area contributed by atoms with Crippen LogP contribution in [0.15, 0.2) is 48.5 Å². The first-order chi connectivity index (χ1) is 23.6. The molecule has 1 atom stereocenters. The van der Waals surface area contributed by atoms with Gasteiger partial charge in [-0.05, 0) is 106 Å². The van der Waals surface area contributed by atoms with Crippen LogP contribution in [0.5, 0.6) is 17.2 Å². The summed E-state index contributed by atoms with van der Waals surface area (Å²) in [7, 11) is 0. The predicted octanol–water partition coefficient (Wildman–Crippen LogP) is 7.80. The molecule has 1 N–H and O–H groups in total. The summed E-state index contributed by atoms with van der Waals surface area (Å²) in [5, 5.41) is 3.89. The van der Waals surface area contributed by atoms with Crippen molar-refractivity contribution in [2.75, 3.05) is 32.8 Å². The van der Waals surface area contributed by atoms with Crippen LogP contribution in [0.3, 0.4) is 0 Å². The van der Waals surface area contributed by atoms with Crippen LogP contribution < -0.4 is 70.9 Å². The zero-order valence-electron chi connectivity index (χ0n) is 31.8. The average molecular weight is 728 g/mol. The number of nitrogens with one attached hydrogen (secondary N) is 1. The zero-order valence-corrected chi connectivity index (χ0v) is 35.7. The Kier molecular flexibility index (Phi) is 18.5. The maximum Gasteiger partial charge on any atom is 1.00 e. The zero-order chi connectivity index (χ0) is 35.4. The summed E-state index contributed by atoms with van der Waals surface area (Å²) in [6.45, 7) is 26.5. The molecule has 0 radical (unpaired) electrons. The van der Waals surface area contributed by atoms with Crippen LogP contribution in [0.1, 0.15) is 107 Å². The number of fused-ring (bicyclic) bond motifs is 1. The van der Waals surface area contributed by atoms with Crippen molar-refractivity contribution in [2.45, 2.75) is 110 Å². The van der Waals surface area contributed by atoms with E-state index in [2.05, 4.69) is 88.2 Å². The van der Waals surface area contributed by atoms with Gasteiger partial charge in [-0.2, -0.15) is 18.9 Å². The van der Waals surface area contributed by atoms with Gasteiger partial charge in [0.2, 0.25) is 0 Å². The first-order valence-corrected chi connectivity index (χ1v) is 18.9. The Balaban J connectivity index is 0.000000485. The second-order valence-electron chi connectivity index (χ2n) is 14.0. The first-order valence-electron chi connectivity index (χ1n) is 18.5. The monoisotopic (exact) mass is 726 g/mol. The number of hydrogen-bond donors (Lipinski definition) is 1. The van der Waals surface area contributed by atoms with E-state index in [1.165, 1.54) is 66.5 Å². The molecule has 270 valence electrons. The number of likely N-dealkylation sites (tertiary alicyclic amines) is 1. The fourth-order valence-electron chi connectivity index (χ4n) is 7.07. The molecule has 1 saturated heterocycles. The van der Waals surface area contributed by atoms with Gasteiger partial charge in [-0.3, -0.25) is 4.90 Å². The standard InChI is InChI=1S/C33H39ClNO3.C7H14N.C3H7.K/c1-6-36-31-21-32(28(34)20-22(31)2)38-30-15-14-26-25(11-7-12-27(26)30)24-10-8-13-29(23(24)3)37-19-9-17-35-18-16-33(35,4)5;1-2-8-7-5-3-4-6-7;1-3-2;/h7-8,10-13,20-21,30H,2,6,9,14-19H2,1,3-5H3;7-8H,1-6H2;1,3H2,2H3;/q3*-1;+1/t30-;;;/m0.../s1. The molecule has 3 aromatic rings. The summed E-state index contributed by atoms with van der Waals surface area (Å²) in [5.41, 5.74) is 7.34. The van der Waals surface area contributed by atoms with E-state index >= 15 is 0 Å². The fraction of sp³-hybridized carbons (Fsp3) is 0.512. The van der Waals surface area contributed by atoms with Crippen molar-refractivity contribution in [2.24, 2.45) is 0 Å². The van der Waals surface area contributed by atoms with Gasteiger partial charge in [-0.25, -0.2) is 0 Å². The molecule has 0 spiro atoms. The van der Waals surface area contributed by atoms with E-state index in [9.17, 15) is 0 Å². The first kappa shape index (κ1) is 43.2. The van der Waals surface area contributed by atoms with Crippen molar-refractivity contribution in [1.29, 1.82) is 0 Å². The molecule has 1 saturated carbocycles. The Morgan fingerprint density at radius 3 is 2.28 bits per heavy atom. The molecule has 5 nitrogen and oxygen atoms in total. The van der Waals surface area contributed by atoms with Gasteiger partial charge >= 0.3 is 51.4 Å². The van der Waals surface area contributed by atoms with Crippen LogP contribution in [-0.2, 0) is 6.42 Å². The van der Waals surface area contributed by atoms with Gasteiger partial charge in [0.15, 0.2) is 0 Å². The summed E-state index contributed by atoms with van der Waals surface area (Å²) in [5.74, 6) is 2.32. The quantitative estimate of drug-likeness (QED) is 0.117.